The molecular weight excluding hydrogens is 332 g/mol. The zero-order valence-electron chi connectivity index (χ0n) is 15.8. The molecule has 1 heterocycles. The Bertz CT molecular complexity index is 676. The van der Waals surface area contributed by atoms with Gasteiger partial charge in [0.15, 0.2) is 0 Å². The highest BCUT2D eigenvalue weighted by molar-refractivity contribution is 6.00. The summed E-state index contributed by atoms with van der Waals surface area (Å²) in [5.41, 5.74) is 0.569. The van der Waals surface area contributed by atoms with Crippen LogP contribution in [0.3, 0.4) is 0 Å². The van der Waals surface area contributed by atoms with Crippen molar-refractivity contribution in [1.29, 1.82) is 0 Å². The van der Waals surface area contributed by atoms with Crippen molar-refractivity contribution in [3.63, 3.8) is 0 Å². The first kappa shape index (κ1) is 18.5. The molecule has 0 radical (unpaired) electrons. The average molecular weight is 360 g/mol. The summed E-state index contributed by atoms with van der Waals surface area (Å²) in [5.74, 6) is 0.805. The highest BCUT2D eigenvalue weighted by Crippen LogP contribution is 2.42. The number of likely N-dealkylation sites (tertiary alicyclic amines) is 1. The molecule has 1 aromatic rings. The molecule has 6 nitrogen and oxygen atoms in total. The van der Waals surface area contributed by atoms with Crippen molar-refractivity contribution in [2.75, 3.05) is 26.1 Å². The van der Waals surface area contributed by atoms with Gasteiger partial charge in [0, 0.05) is 18.7 Å². The number of carbonyl (C=O) groups is 2. The number of ether oxygens (including phenoxy) is 2. The molecule has 3 atom stereocenters. The van der Waals surface area contributed by atoms with E-state index in [1.807, 2.05) is 4.90 Å². The second-order valence-electron chi connectivity index (χ2n) is 7.09. The Labute approximate surface area is 154 Å². The second kappa shape index (κ2) is 7.98. The maximum atomic E-state index is 12.8. The summed E-state index contributed by atoms with van der Waals surface area (Å²) >= 11 is 0. The molecule has 3 rings (SSSR count). The lowest BCUT2D eigenvalue weighted by Gasteiger charge is -2.35. The zero-order chi connectivity index (χ0) is 18.7. The van der Waals surface area contributed by atoms with Crippen molar-refractivity contribution >= 4 is 17.5 Å². The number of nitrogens with zero attached hydrogens (tertiary/aromatic N) is 1. The molecule has 1 saturated heterocycles. The van der Waals surface area contributed by atoms with Gasteiger partial charge >= 0.3 is 0 Å². The minimum Gasteiger partial charge on any atom is -0.497 e. The van der Waals surface area contributed by atoms with Crippen LogP contribution in [0.15, 0.2) is 18.2 Å². The molecule has 0 aromatic heterocycles. The van der Waals surface area contributed by atoms with Crippen molar-refractivity contribution in [2.45, 2.75) is 45.1 Å². The molecule has 1 saturated carbocycles. The highest BCUT2D eigenvalue weighted by atomic mass is 16.5. The van der Waals surface area contributed by atoms with Gasteiger partial charge in [-0.2, -0.15) is 0 Å². The minimum absolute atomic E-state index is 0.125. The standard InChI is InChI=1S/C20H28N2O4/c1-4-13-7-5-6-10-22(13)20(24)16-12-15(16)19(23)21-17-11-14(25-2)8-9-18(17)26-3/h8-9,11,13,15-16H,4-7,10,12H2,1-3H3,(H,21,23). The van der Waals surface area contributed by atoms with Crippen LogP contribution in [0.5, 0.6) is 11.5 Å². The van der Waals surface area contributed by atoms with E-state index in [-0.39, 0.29) is 23.7 Å². The van der Waals surface area contributed by atoms with Crippen LogP contribution in [0, 0.1) is 11.8 Å². The number of amides is 2. The fraction of sp³-hybridized carbons (Fsp3) is 0.600. The molecule has 1 aromatic carbocycles. The van der Waals surface area contributed by atoms with Crippen LogP contribution in [0.2, 0.25) is 0 Å². The maximum Gasteiger partial charge on any atom is 0.228 e. The summed E-state index contributed by atoms with van der Waals surface area (Å²) in [6, 6.07) is 5.59. The van der Waals surface area contributed by atoms with Gasteiger partial charge in [0.1, 0.15) is 11.5 Å². The molecule has 2 fully saturated rings. The van der Waals surface area contributed by atoms with Crippen LogP contribution in [0.1, 0.15) is 39.0 Å². The number of methoxy groups -OCH3 is 2. The molecule has 2 aliphatic rings. The second-order valence-corrected chi connectivity index (χ2v) is 7.09. The molecule has 26 heavy (non-hydrogen) atoms. The Morgan fingerprint density at radius 2 is 2.00 bits per heavy atom. The van der Waals surface area contributed by atoms with Gasteiger partial charge in [-0.05, 0) is 44.2 Å². The van der Waals surface area contributed by atoms with E-state index in [1.54, 1.807) is 32.4 Å². The van der Waals surface area contributed by atoms with Crippen molar-refractivity contribution in [2.24, 2.45) is 11.8 Å². The number of hydrogen-bond donors (Lipinski definition) is 1. The van der Waals surface area contributed by atoms with Gasteiger partial charge in [0.25, 0.3) is 0 Å². The lowest BCUT2D eigenvalue weighted by molar-refractivity contribution is -0.137. The van der Waals surface area contributed by atoms with Crippen LogP contribution < -0.4 is 14.8 Å². The lowest BCUT2D eigenvalue weighted by Crippen LogP contribution is -2.44. The van der Waals surface area contributed by atoms with Crippen LogP contribution in [0.4, 0.5) is 5.69 Å². The summed E-state index contributed by atoms with van der Waals surface area (Å²) in [4.78, 5) is 27.4. The van der Waals surface area contributed by atoms with E-state index < -0.39 is 0 Å². The Kier molecular flexibility index (Phi) is 5.69. The fourth-order valence-electron chi connectivity index (χ4n) is 3.82. The number of nitrogens with one attached hydrogen (secondary N) is 1. The molecule has 1 aliphatic carbocycles. The quantitative estimate of drug-likeness (QED) is 0.847. The first-order valence-electron chi connectivity index (χ1n) is 9.42. The number of hydrogen-bond acceptors (Lipinski definition) is 4. The molecule has 1 N–H and O–H groups in total. The third-order valence-electron chi connectivity index (χ3n) is 5.49. The third-order valence-corrected chi connectivity index (χ3v) is 5.49. The van der Waals surface area contributed by atoms with Crippen LogP contribution >= 0.6 is 0 Å². The molecule has 3 unspecified atom stereocenters. The zero-order valence-corrected chi connectivity index (χ0v) is 15.8. The third kappa shape index (κ3) is 3.79. The fourth-order valence-corrected chi connectivity index (χ4v) is 3.82. The molecule has 6 heteroatoms. The van der Waals surface area contributed by atoms with E-state index in [4.69, 9.17) is 9.47 Å². The Morgan fingerprint density at radius 1 is 1.19 bits per heavy atom. The van der Waals surface area contributed by atoms with Gasteiger partial charge in [-0.1, -0.05) is 6.92 Å². The van der Waals surface area contributed by atoms with E-state index in [0.717, 1.165) is 25.8 Å². The number of anilines is 1. The van der Waals surface area contributed by atoms with Crippen molar-refractivity contribution in [3.8, 4) is 11.5 Å². The van der Waals surface area contributed by atoms with Gasteiger partial charge in [0.05, 0.1) is 31.7 Å². The molecule has 142 valence electrons. The van der Waals surface area contributed by atoms with Crippen molar-refractivity contribution in [3.05, 3.63) is 18.2 Å². The molecule has 0 bridgehead atoms. The molecular formula is C20H28N2O4. The summed E-state index contributed by atoms with van der Waals surface area (Å²) in [6.45, 7) is 2.95. The molecule has 2 amide bonds. The van der Waals surface area contributed by atoms with E-state index in [1.165, 1.54) is 6.42 Å². The van der Waals surface area contributed by atoms with Crippen molar-refractivity contribution < 1.29 is 19.1 Å². The van der Waals surface area contributed by atoms with E-state index in [0.29, 0.717) is 29.6 Å². The van der Waals surface area contributed by atoms with Gasteiger partial charge in [-0.15, -0.1) is 0 Å². The minimum atomic E-state index is -0.252. The topological polar surface area (TPSA) is 67.9 Å². The number of piperidine rings is 1. The average Bonchev–Trinajstić information content (AvgIpc) is 3.48. The summed E-state index contributed by atoms with van der Waals surface area (Å²) in [7, 11) is 3.13. The number of carbonyl (C=O) groups excluding carboxylic acids is 2. The SMILES string of the molecule is CCC1CCCCN1C(=O)C1CC1C(=O)Nc1cc(OC)ccc1OC. The van der Waals surface area contributed by atoms with Gasteiger partial charge < -0.3 is 19.7 Å². The van der Waals surface area contributed by atoms with E-state index in [9.17, 15) is 9.59 Å². The molecule has 0 spiro atoms. The van der Waals surface area contributed by atoms with Crippen LogP contribution in [-0.4, -0.2) is 43.5 Å². The Morgan fingerprint density at radius 3 is 2.69 bits per heavy atom. The monoisotopic (exact) mass is 360 g/mol. The van der Waals surface area contributed by atoms with Crippen molar-refractivity contribution in [1.82, 2.24) is 4.90 Å². The lowest BCUT2D eigenvalue weighted by atomic mass is 9.99. The summed E-state index contributed by atoms with van der Waals surface area (Å²) in [5, 5.41) is 2.90. The van der Waals surface area contributed by atoms with E-state index >= 15 is 0 Å². The van der Waals surface area contributed by atoms with Crippen LogP contribution in [-0.2, 0) is 9.59 Å². The predicted molar refractivity (Wildman–Crippen MR) is 99.4 cm³/mol. The van der Waals surface area contributed by atoms with Gasteiger partial charge in [0.2, 0.25) is 11.8 Å². The normalized spacial score (nSPS) is 24.7. The first-order valence-corrected chi connectivity index (χ1v) is 9.42. The Balaban J connectivity index is 1.63. The largest absolute Gasteiger partial charge is 0.497 e. The maximum absolute atomic E-state index is 12.8. The summed E-state index contributed by atoms with van der Waals surface area (Å²) in [6.07, 6.45) is 4.94. The summed E-state index contributed by atoms with van der Waals surface area (Å²) < 4.78 is 10.5. The first-order chi connectivity index (χ1) is 12.6. The predicted octanol–water partition coefficient (Wildman–Crippen LogP) is 3.07. The molecule has 1 aliphatic heterocycles. The number of rotatable bonds is 6. The van der Waals surface area contributed by atoms with Gasteiger partial charge in [-0.25, -0.2) is 0 Å². The highest BCUT2D eigenvalue weighted by Gasteiger charge is 2.50. The Hall–Kier alpha value is -2.24. The smallest absolute Gasteiger partial charge is 0.228 e. The van der Waals surface area contributed by atoms with E-state index in [2.05, 4.69) is 12.2 Å². The van der Waals surface area contributed by atoms with Gasteiger partial charge in [-0.3, -0.25) is 9.59 Å². The number of benzene rings is 1. The van der Waals surface area contributed by atoms with Crippen LogP contribution in [0.25, 0.3) is 0 Å².